The first-order valence-electron chi connectivity index (χ1n) is 14.5. The Morgan fingerprint density at radius 3 is 2.55 bits per heavy atom. The maximum Gasteiger partial charge on any atom is 0.289 e. The largest absolute Gasteiger partial charge is 0.450 e. The number of para-hydroxylation sites is 1. The number of hydrogen-bond donors (Lipinski definition) is 2. The van der Waals surface area contributed by atoms with E-state index in [1.165, 1.54) is 4.88 Å². The number of carbonyl (C=O) groups excluding carboxylic acids is 2. The van der Waals surface area contributed by atoms with E-state index in [4.69, 9.17) is 30.6 Å². The highest BCUT2D eigenvalue weighted by molar-refractivity contribution is 7.19. The third-order valence-corrected chi connectivity index (χ3v) is 9.51. The molecule has 12 nitrogen and oxygen atoms in total. The summed E-state index contributed by atoms with van der Waals surface area (Å²) in [6.45, 7) is 8.29. The number of carbonyl (C=O) groups is 2. The van der Waals surface area contributed by atoms with Gasteiger partial charge in [0.25, 0.3) is 11.8 Å². The van der Waals surface area contributed by atoms with E-state index < -0.39 is 5.91 Å². The van der Waals surface area contributed by atoms with E-state index in [0.717, 1.165) is 59.9 Å². The molecule has 2 aliphatic rings. The summed E-state index contributed by atoms with van der Waals surface area (Å²) in [7, 11) is 0. The van der Waals surface area contributed by atoms with Gasteiger partial charge < -0.3 is 30.4 Å². The molecule has 226 valence electrons. The SMILES string of the molecule is Cc1c(CN2CCN(C(=O)c3cc4cccc(C(N)=O)c4o3)CC2)sc2c(N3CCOCC3)nc(-c3ccc(N)nc3)nc12. The lowest BCUT2D eigenvalue weighted by Gasteiger charge is -2.34. The van der Waals surface area contributed by atoms with Crippen LogP contribution in [0.3, 0.4) is 0 Å². The van der Waals surface area contributed by atoms with Crippen molar-refractivity contribution in [2.24, 2.45) is 5.73 Å². The molecule has 0 atom stereocenters. The molecule has 5 aromatic rings. The second-order valence-electron chi connectivity index (χ2n) is 11.0. The Kier molecular flexibility index (Phi) is 7.36. The van der Waals surface area contributed by atoms with E-state index in [-0.39, 0.29) is 17.2 Å². The van der Waals surface area contributed by atoms with Gasteiger partial charge in [-0.05, 0) is 36.8 Å². The summed E-state index contributed by atoms with van der Waals surface area (Å²) in [5.74, 6) is 1.43. The van der Waals surface area contributed by atoms with Crippen LogP contribution in [-0.4, -0.2) is 89.0 Å². The van der Waals surface area contributed by atoms with Gasteiger partial charge in [-0.1, -0.05) is 12.1 Å². The van der Waals surface area contributed by atoms with Crippen molar-refractivity contribution in [1.82, 2.24) is 24.8 Å². The van der Waals surface area contributed by atoms with Crippen LogP contribution in [0.15, 0.2) is 47.0 Å². The number of piperazine rings is 1. The van der Waals surface area contributed by atoms with Gasteiger partial charge in [0, 0.05) is 67.8 Å². The zero-order valence-corrected chi connectivity index (χ0v) is 25.1. The van der Waals surface area contributed by atoms with Gasteiger partial charge in [-0.25, -0.2) is 15.0 Å². The van der Waals surface area contributed by atoms with Gasteiger partial charge in [0.15, 0.2) is 17.4 Å². The second-order valence-corrected chi connectivity index (χ2v) is 12.1. The van der Waals surface area contributed by atoms with E-state index in [0.29, 0.717) is 48.9 Å². The third-order valence-electron chi connectivity index (χ3n) is 8.25. The maximum absolute atomic E-state index is 13.3. The highest BCUT2D eigenvalue weighted by Crippen LogP contribution is 2.38. The minimum absolute atomic E-state index is 0.190. The third kappa shape index (κ3) is 5.23. The van der Waals surface area contributed by atoms with Crippen LogP contribution in [0.25, 0.3) is 32.6 Å². The summed E-state index contributed by atoms with van der Waals surface area (Å²) in [6, 6.07) is 10.5. The molecule has 0 saturated carbocycles. The molecule has 0 radical (unpaired) electrons. The Morgan fingerprint density at radius 1 is 1.02 bits per heavy atom. The number of hydrogen-bond acceptors (Lipinski definition) is 11. The standard InChI is InChI=1S/C31H32N8O4S/c1-18-23(17-37-7-9-39(10-8-37)31(41)22-15-19-3-2-4-21(28(33)40)26(19)43-22)44-27-25(18)35-29(20-5-6-24(32)34-16-20)36-30(27)38-11-13-42-14-12-38/h2-6,15-16H,7-14,17H2,1H3,(H2,32,34)(H2,33,40). The quantitative estimate of drug-likeness (QED) is 0.292. The lowest BCUT2D eigenvalue weighted by Crippen LogP contribution is -2.48. The van der Waals surface area contributed by atoms with Crippen molar-refractivity contribution in [3.63, 3.8) is 0 Å². The summed E-state index contributed by atoms with van der Waals surface area (Å²) in [5.41, 5.74) is 14.8. The van der Waals surface area contributed by atoms with Crippen molar-refractivity contribution in [3.05, 3.63) is 64.4 Å². The predicted octanol–water partition coefficient (Wildman–Crippen LogP) is 3.28. The molecule has 44 heavy (non-hydrogen) atoms. The Balaban J connectivity index is 1.11. The van der Waals surface area contributed by atoms with Crippen LogP contribution in [0.4, 0.5) is 11.6 Å². The highest BCUT2D eigenvalue weighted by Gasteiger charge is 2.27. The lowest BCUT2D eigenvalue weighted by atomic mass is 10.1. The normalized spacial score (nSPS) is 16.2. The molecule has 0 bridgehead atoms. The number of amides is 2. The molecule has 0 spiro atoms. The number of furan rings is 1. The summed E-state index contributed by atoms with van der Waals surface area (Å²) >= 11 is 1.74. The zero-order chi connectivity index (χ0) is 30.4. The Morgan fingerprint density at radius 2 is 1.82 bits per heavy atom. The van der Waals surface area contributed by atoms with Crippen LogP contribution < -0.4 is 16.4 Å². The fraction of sp³-hybridized carbons (Fsp3) is 0.323. The van der Waals surface area contributed by atoms with Crippen molar-refractivity contribution in [2.75, 3.05) is 63.1 Å². The zero-order valence-electron chi connectivity index (χ0n) is 24.3. The molecule has 7 rings (SSSR count). The van der Waals surface area contributed by atoms with Crippen molar-refractivity contribution in [1.29, 1.82) is 0 Å². The van der Waals surface area contributed by atoms with E-state index >= 15 is 0 Å². The minimum Gasteiger partial charge on any atom is -0.450 e. The van der Waals surface area contributed by atoms with Gasteiger partial charge in [-0.2, -0.15) is 0 Å². The number of benzene rings is 1. The molecule has 0 aliphatic carbocycles. The predicted molar refractivity (Wildman–Crippen MR) is 169 cm³/mol. The summed E-state index contributed by atoms with van der Waals surface area (Å²) in [5, 5.41) is 0.680. The molecular formula is C31H32N8O4S. The molecule has 2 aliphatic heterocycles. The summed E-state index contributed by atoms with van der Waals surface area (Å²) in [4.78, 5) is 47.0. The highest BCUT2D eigenvalue weighted by atomic mass is 32.1. The van der Waals surface area contributed by atoms with Crippen LogP contribution in [0.5, 0.6) is 0 Å². The van der Waals surface area contributed by atoms with E-state index in [1.807, 2.05) is 6.07 Å². The number of anilines is 2. The van der Waals surface area contributed by atoms with Crippen LogP contribution in [0.2, 0.25) is 0 Å². The van der Waals surface area contributed by atoms with Crippen LogP contribution in [0.1, 0.15) is 31.4 Å². The molecular weight excluding hydrogens is 580 g/mol. The first-order valence-corrected chi connectivity index (χ1v) is 15.4. The molecule has 4 aromatic heterocycles. The van der Waals surface area contributed by atoms with Crippen molar-refractivity contribution in [2.45, 2.75) is 13.5 Å². The van der Waals surface area contributed by atoms with E-state index in [2.05, 4.69) is 21.7 Å². The Labute approximate surface area is 257 Å². The molecule has 2 saturated heterocycles. The number of aryl methyl sites for hydroxylation is 1. The maximum atomic E-state index is 13.3. The number of aromatic nitrogens is 3. The van der Waals surface area contributed by atoms with Crippen LogP contribution >= 0.6 is 11.3 Å². The van der Waals surface area contributed by atoms with Gasteiger partial charge in [0.2, 0.25) is 0 Å². The first-order chi connectivity index (χ1) is 21.4. The van der Waals surface area contributed by atoms with Gasteiger partial charge in [0.1, 0.15) is 11.4 Å². The molecule has 2 amide bonds. The Hall–Kier alpha value is -4.59. The van der Waals surface area contributed by atoms with Gasteiger partial charge in [0.05, 0.1) is 29.0 Å². The van der Waals surface area contributed by atoms with E-state index in [9.17, 15) is 9.59 Å². The molecule has 6 heterocycles. The minimum atomic E-state index is -0.587. The number of nitrogens with zero attached hydrogens (tertiary/aromatic N) is 6. The topological polar surface area (TPSA) is 157 Å². The number of nitrogens with two attached hydrogens (primary N) is 2. The smallest absolute Gasteiger partial charge is 0.289 e. The number of morpholine rings is 1. The number of ether oxygens (including phenoxy) is 1. The number of rotatable bonds is 6. The van der Waals surface area contributed by atoms with Gasteiger partial charge in [-0.3, -0.25) is 14.5 Å². The number of primary amides is 1. The molecule has 13 heteroatoms. The van der Waals surface area contributed by atoms with Crippen molar-refractivity contribution < 1.29 is 18.7 Å². The fourth-order valence-electron chi connectivity index (χ4n) is 5.76. The fourth-order valence-corrected chi connectivity index (χ4v) is 7.06. The summed E-state index contributed by atoms with van der Waals surface area (Å²) < 4.78 is 12.5. The first kappa shape index (κ1) is 28.2. The number of fused-ring (bicyclic) bond motifs is 2. The molecule has 0 unspecified atom stereocenters. The number of pyridine rings is 1. The summed E-state index contributed by atoms with van der Waals surface area (Å²) in [6.07, 6.45) is 1.71. The van der Waals surface area contributed by atoms with Gasteiger partial charge >= 0.3 is 0 Å². The molecule has 2 fully saturated rings. The average molecular weight is 613 g/mol. The average Bonchev–Trinajstić information content (AvgIpc) is 3.62. The van der Waals surface area contributed by atoms with E-state index in [1.54, 1.807) is 52.8 Å². The Bertz CT molecular complexity index is 1870. The monoisotopic (exact) mass is 612 g/mol. The molecule has 4 N–H and O–H groups in total. The number of thiophene rings is 1. The second kappa shape index (κ2) is 11.5. The molecule has 1 aromatic carbocycles. The van der Waals surface area contributed by atoms with Crippen LogP contribution in [0, 0.1) is 6.92 Å². The van der Waals surface area contributed by atoms with Crippen molar-refractivity contribution in [3.8, 4) is 11.4 Å². The van der Waals surface area contributed by atoms with Crippen LogP contribution in [-0.2, 0) is 11.3 Å². The van der Waals surface area contributed by atoms with Gasteiger partial charge in [-0.15, -0.1) is 11.3 Å². The number of nitrogen functional groups attached to an aromatic ring is 1. The van der Waals surface area contributed by atoms with Crippen molar-refractivity contribution >= 4 is 56.0 Å². The lowest BCUT2D eigenvalue weighted by molar-refractivity contribution is 0.0600.